The van der Waals surface area contributed by atoms with Crippen LogP contribution in [0.1, 0.15) is 21.9 Å². The molecule has 0 amide bonds. The predicted octanol–water partition coefficient (Wildman–Crippen LogP) is 5.32. The molecule has 0 aliphatic carbocycles. The van der Waals surface area contributed by atoms with Gasteiger partial charge in [0.25, 0.3) is 0 Å². The highest BCUT2D eigenvalue weighted by Gasteiger charge is 2.25. The van der Waals surface area contributed by atoms with E-state index in [1.54, 1.807) is 31.0 Å². The Morgan fingerprint density at radius 1 is 0.920 bits per heavy atom. The van der Waals surface area contributed by atoms with Gasteiger partial charge in [0.05, 0.1) is 18.0 Å². The van der Waals surface area contributed by atoms with Crippen molar-refractivity contribution in [2.24, 2.45) is 4.99 Å². The van der Waals surface area contributed by atoms with Gasteiger partial charge in [-0.05, 0) is 53.6 Å². The van der Waals surface area contributed by atoms with Crippen LogP contribution in [-0.2, 0) is 0 Å². The number of aromatic hydroxyl groups is 1. The van der Waals surface area contributed by atoms with E-state index < -0.39 is 0 Å². The minimum absolute atomic E-state index is 0.170. The third-order valence-corrected chi connectivity index (χ3v) is 5.52. The molecular formula is C21H17NO2S. The standard InChI is InChI=1S/C21H17NO2S/c1-24-17-12-8-14(9-13-17)20-18-4-2-3-5-19(18)22-21(25-20)15-6-10-16(23)11-7-15/h2-13,20,23H,1H3. The van der Waals surface area contributed by atoms with Crippen molar-refractivity contribution >= 4 is 22.5 Å². The fourth-order valence-electron chi connectivity index (χ4n) is 2.88. The predicted molar refractivity (Wildman–Crippen MR) is 103 cm³/mol. The molecule has 3 nitrogen and oxygen atoms in total. The van der Waals surface area contributed by atoms with Crippen molar-refractivity contribution in [1.29, 1.82) is 0 Å². The lowest BCUT2D eigenvalue weighted by Crippen LogP contribution is -2.08. The first kappa shape index (κ1) is 15.8. The molecule has 3 aromatic carbocycles. The molecule has 4 heteroatoms. The van der Waals surface area contributed by atoms with E-state index in [9.17, 15) is 5.11 Å². The Labute approximate surface area is 151 Å². The second-order valence-corrected chi connectivity index (χ2v) is 6.89. The van der Waals surface area contributed by atoms with E-state index in [1.165, 1.54) is 11.1 Å². The molecule has 0 aromatic heterocycles. The maximum Gasteiger partial charge on any atom is 0.118 e. The SMILES string of the molecule is COc1ccc(C2SC(c3ccc(O)cc3)=Nc3ccccc32)cc1. The molecule has 1 N–H and O–H groups in total. The smallest absolute Gasteiger partial charge is 0.118 e. The molecule has 0 spiro atoms. The highest BCUT2D eigenvalue weighted by Crippen LogP contribution is 2.46. The Kier molecular flexibility index (Phi) is 4.20. The van der Waals surface area contributed by atoms with Gasteiger partial charge in [-0.1, -0.05) is 42.1 Å². The average Bonchev–Trinajstić information content (AvgIpc) is 2.68. The van der Waals surface area contributed by atoms with Crippen LogP contribution in [-0.4, -0.2) is 17.3 Å². The van der Waals surface area contributed by atoms with E-state index in [-0.39, 0.29) is 11.0 Å². The van der Waals surface area contributed by atoms with Crippen LogP contribution < -0.4 is 4.74 Å². The molecule has 1 heterocycles. The Morgan fingerprint density at radius 3 is 2.36 bits per heavy atom. The van der Waals surface area contributed by atoms with Crippen LogP contribution in [0.3, 0.4) is 0 Å². The average molecular weight is 347 g/mol. The molecule has 25 heavy (non-hydrogen) atoms. The van der Waals surface area contributed by atoms with Gasteiger partial charge in [0.15, 0.2) is 0 Å². The molecule has 0 saturated carbocycles. The maximum absolute atomic E-state index is 9.53. The summed E-state index contributed by atoms with van der Waals surface area (Å²) in [5.74, 6) is 1.11. The van der Waals surface area contributed by atoms with Crippen LogP contribution >= 0.6 is 11.8 Å². The number of nitrogens with zero attached hydrogens (tertiary/aromatic N) is 1. The molecule has 1 aliphatic rings. The Hall–Kier alpha value is -2.72. The van der Waals surface area contributed by atoms with E-state index in [0.717, 1.165) is 22.0 Å². The van der Waals surface area contributed by atoms with Crippen molar-refractivity contribution in [3.63, 3.8) is 0 Å². The van der Waals surface area contributed by atoms with Gasteiger partial charge in [-0.15, -0.1) is 0 Å². The fourth-order valence-corrected chi connectivity index (χ4v) is 4.15. The zero-order valence-corrected chi connectivity index (χ0v) is 14.5. The van der Waals surface area contributed by atoms with E-state index >= 15 is 0 Å². The summed E-state index contributed by atoms with van der Waals surface area (Å²) in [6.45, 7) is 0. The summed E-state index contributed by atoms with van der Waals surface area (Å²) < 4.78 is 5.27. The summed E-state index contributed by atoms with van der Waals surface area (Å²) in [5.41, 5.74) is 4.42. The highest BCUT2D eigenvalue weighted by molar-refractivity contribution is 8.14. The number of methoxy groups -OCH3 is 1. The summed E-state index contributed by atoms with van der Waals surface area (Å²) in [4.78, 5) is 4.83. The van der Waals surface area contributed by atoms with E-state index in [2.05, 4.69) is 24.3 Å². The molecule has 1 aliphatic heterocycles. The minimum atomic E-state index is 0.170. The van der Waals surface area contributed by atoms with Crippen molar-refractivity contribution in [3.8, 4) is 11.5 Å². The lowest BCUT2D eigenvalue weighted by molar-refractivity contribution is 0.414. The van der Waals surface area contributed by atoms with Gasteiger partial charge in [-0.3, -0.25) is 0 Å². The lowest BCUT2D eigenvalue weighted by atomic mass is 10.0. The van der Waals surface area contributed by atoms with Crippen LogP contribution in [0.25, 0.3) is 0 Å². The van der Waals surface area contributed by atoms with Crippen molar-refractivity contribution in [2.45, 2.75) is 5.25 Å². The zero-order valence-electron chi connectivity index (χ0n) is 13.7. The number of ether oxygens (including phenoxy) is 1. The summed E-state index contributed by atoms with van der Waals surface area (Å²) in [7, 11) is 1.68. The van der Waals surface area contributed by atoms with Gasteiger partial charge >= 0.3 is 0 Å². The molecular weight excluding hydrogens is 330 g/mol. The molecule has 3 aromatic rings. The monoisotopic (exact) mass is 347 g/mol. The first-order valence-corrected chi connectivity index (χ1v) is 8.90. The van der Waals surface area contributed by atoms with E-state index in [1.807, 2.05) is 36.4 Å². The minimum Gasteiger partial charge on any atom is -0.508 e. The molecule has 124 valence electrons. The van der Waals surface area contributed by atoms with Gasteiger partial charge in [0.2, 0.25) is 0 Å². The number of para-hydroxylation sites is 1. The van der Waals surface area contributed by atoms with Gasteiger partial charge in [-0.25, -0.2) is 4.99 Å². The number of phenolic OH excluding ortho intramolecular Hbond substituents is 1. The first-order chi connectivity index (χ1) is 12.2. The second-order valence-electron chi connectivity index (χ2n) is 5.79. The summed E-state index contributed by atoms with van der Waals surface area (Å²) >= 11 is 1.73. The topological polar surface area (TPSA) is 41.8 Å². The third-order valence-electron chi connectivity index (χ3n) is 4.20. The molecule has 0 radical (unpaired) electrons. The van der Waals surface area contributed by atoms with Crippen LogP contribution in [0.5, 0.6) is 11.5 Å². The number of thioether (sulfide) groups is 1. The Balaban J connectivity index is 1.77. The van der Waals surface area contributed by atoms with Crippen molar-refractivity contribution < 1.29 is 9.84 Å². The molecule has 4 rings (SSSR count). The number of benzene rings is 3. The van der Waals surface area contributed by atoms with Gasteiger partial charge in [0.1, 0.15) is 16.5 Å². The number of rotatable bonds is 3. The Bertz CT molecular complexity index is 917. The van der Waals surface area contributed by atoms with Gasteiger partial charge in [0, 0.05) is 5.56 Å². The number of aliphatic imine (C=N–C) groups is 1. The van der Waals surface area contributed by atoms with Crippen molar-refractivity contribution in [2.75, 3.05) is 7.11 Å². The largest absolute Gasteiger partial charge is 0.508 e. The highest BCUT2D eigenvalue weighted by atomic mass is 32.2. The zero-order chi connectivity index (χ0) is 17.2. The fraction of sp³-hybridized carbons (Fsp3) is 0.0952. The molecule has 1 atom stereocenters. The van der Waals surface area contributed by atoms with Gasteiger partial charge in [-0.2, -0.15) is 0 Å². The summed E-state index contributed by atoms with van der Waals surface area (Å²) in [6, 6.07) is 23.6. The quantitative estimate of drug-likeness (QED) is 0.697. The van der Waals surface area contributed by atoms with E-state index in [4.69, 9.17) is 9.73 Å². The van der Waals surface area contributed by atoms with Crippen molar-refractivity contribution in [1.82, 2.24) is 0 Å². The van der Waals surface area contributed by atoms with Crippen LogP contribution in [0.2, 0.25) is 0 Å². The van der Waals surface area contributed by atoms with Crippen LogP contribution in [0, 0.1) is 0 Å². The molecule has 1 unspecified atom stereocenters. The van der Waals surface area contributed by atoms with Crippen LogP contribution in [0.4, 0.5) is 5.69 Å². The van der Waals surface area contributed by atoms with E-state index in [0.29, 0.717) is 0 Å². The summed E-state index contributed by atoms with van der Waals surface area (Å²) in [5, 5.41) is 10.7. The lowest BCUT2D eigenvalue weighted by Gasteiger charge is -2.25. The number of hydrogen-bond acceptors (Lipinski definition) is 4. The normalized spacial score (nSPS) is 16.0. The number of hydrogen-bond donors (Lipinski definition) is 1. The van der Waals surface area contributed by atoms with Crippen molar-refractivity contribution in [3.05, 3.63) is 89.5 Å². The molecule has 0 saturated heterocycles. The number of fused-ring (bicyclic) bond motifs is 1. The summed E-state index contributed by atoms with van der Waals surface area (Å²) in [6.07, 6.45) is 0. The maximum atomic E-state index is 9.53. The number of phenols is 1. The molecule has 0 bridgehead atoms. The van der Waals surface area contributed by atoms with Gasteiger partial charge < -0.3 is 9.84 Å². The third kappa shape index (κ3) is 3.13. The molecule has 0 fully saturated rings. The van der Waals surface area contributed by atoms with Crippen LogP contribution in [0.15, 0.2) is 77.8 Å². The first-order valence-electron chi connectivity index (χ1n) is 8.02. The second kappa shape index (κ2) is 6.65. The Morgan fingerprint density at radius 2 is 1.64 bits per heavy atom.